The Kier molecular flexibility index (Phi) is 1.51. The molecule has 0 saturated carbocycles. The minimum Gasteiger partial charge on any atom is -0.256 e. The summed E-state index contributed by atoms with van der Waals surface area (Å²) in [5.41, 5.74) is 2.29. The zero-order valence-electron chi connectivity index (χ0n) is 7.64. The van der Waals surface area contributed by atoms with E-state index < -0.39 is 0 Å². The summed E-state index contributed by atoms with van der Waals surface area (Å²) in [4.78, 5) is 4.39. The van der Waals surface area contributed by atoms with Crippen LogP contribution in [0.2, 0.25) is 0 Å². The van der Waals surface area contributed by atoms with Gasteiger partial charge in [-0.3, -0.25) is 4.98 Å². The smallest absolute Gasteiger partial charge is 0.0780 e. The van der Waals surface area contributed by atoms with Crippen LogP contribution in [-0.4, -0.2) is 4.98 Å². The van der Waals surface area contributed by atoms with E-state index in [-0.39, 0.29) is 0 Å². The van der Waals surface area contributed by atoms with Crippen LogP contribution in [-0.2, 0) is 0 Å². The Bertz CT molecular complexity index is 557. The van der Waals surface area contributed by atoms with Crippen LogP contribution in [0.5, 0.6) is 0 Å². The lowest BCUT2D eigenvalue weighted by molar-refractivity contribution is 1.43. The molecule has 0 radical (unpaired) electrons. The summed E-state index contributed by atoms with van der Waals surface area (Å²) < 4.78 is 0. The second kappa shape index (κ2) is 2.81. The van der Waals surface area contributed by atoms with Crippen molar-refractivity contribution in [3.8, 4) is 11.3 Å². The molecule has 0 amide bonds. The molecule has 0 atom stereocenters. The Morgan fingerprint density at radius 3 is 2.64 bits per heavy atom. The van der Waals surface area contributed by atoms with Crippen molar-refractivity contribution in [3.05, 3.63) is 54.7 Å². The van der Waals surface area contributed by atoms with E-state index in [1.54, 1.807) is 0 Å². The van der Waals surface area contributed by atoms with E-state index >= 15 is 0 Å². The third-order valence-corrected chi connectivity index (χ3v) is 2.50. The quantitative estimate of drug-likeness (QED) is 0.515. The van der Waals surface area contributed by atoms with Crippen LogP contribution >= 0.6 is 0 Å². The zero-order chi connectivity index (χ0) is 9.38. The molecule has 0 bridgehead atoms. The molecule has 3 rings (SSSR count). The molecule has 66 valence electrons. The molecule has 1 aromatic carbocycles. The largest absolute Gasteiger partial charge is 0.256 e. The molecular weight excluding hydrogens is 170 g/mol. The SMILES string of the molecule is c1ccc2c3nccc-3cccc2c1. The molecule has 1 aliphatic heterocycles. The molecule has 0 fully saturated rings. The Morgan fingerprint density at radius 2 is 1.64 bits per heavy atom. The van der Waals surface area contributed by atoms with Gasteiger partial charge in [0.2, 0.25) is 0 Å². The molecule has 1 aromatic rings. The van der Waals surface area contributed by atoms with E-state index in [4.69, 9.17) is 0 Å². The molecule has 2 aliphatic rings. The summed E-state index contributed by atoms with van der Waals surface area (Å²) in [5, 5.41) is 2.46. The monoisotopic (exact) mass is 179 g/mol. The highest BCUT2D eigenvalue weighted by Crippen LogP contribution is 2.27. The zero-order valence-corrected chi connectivity index (χ0v) is 7.64. The summed E-state index contributed by atoms with van der Waals surface area (Å²) in [6, 6.07) is 16.7. The highest BCUT2D eigenvalue weighted by atomic mass is 14.7. The highest BCUT2D eigenvalue weighted by molar-refractivity contribution is 5.94. The Hall–Kier alpha value is -1.89. The van der Waals surface area contributed by atoms with Crippen molar-refractivity contribution in [2.75, 3.05) is 0 Å². The molecule has 1 aliphatic carbocycles. The van der Waals surface area contributed by atoms with E-state index in [0.29, 0.717) is 0 Å². The Labute approximate surface area is 82.4 Å². The fourth-order valence-corrected chi connectivity index (χ4v) is 1.82. The van der Waals surface area contributed by atoms with Gasteiger partial charge < -0.3 is 0 Å². The molecular formula is C13H9N. The van der Waals surface area contributed by atoms with Gasteiger partial charge in [0.05, 0.1) is 5.69 Å². The van der Waals surface area contributed by atoms with E-state index in [0.717, 1.165) is 5.69 Å². The van der Waals surface area contributed by atoms with Crippen molar-refractivity contribution in [2.24, 2.45) is 0 Å². The lowest BCUT2D eigenvalue weighted by atomic mass is 10.1. The maximum Gasteiger partial charge on any atom is 0.0780 e. The standard InChI is InChI=1S/C13H9N/c1-2-7-12-10(4-1)5-3-6-11-8-9-14-13(11)12/h1-9H. The number of rotatable bonds is 0. The van der Waals surface area contributed by atoms with E-state index in [1.165, 1.54) is 16.3 Å². The van der Waals surface area contributed by atoms with Gasteiger partial charge in [0.1, 0.15) is 0 Å². The Morgan fingerprint density at radius 1 is 0.786 bits per heavy atom. The summed E-state index contributed by atoms with van der Waals surface area (Å²) in [7, 11) is 0. The molecule has 0 unspecified atom stereocenters. The first-order chi connectivity index (χ1) is 6.95. The topological polar surface area (TPSA) is 12.9 Å². The molecule has 1 nitrogen and oxygen atoms in total. The first-order valence-corrected chi connectivity index (χ1v) is 4.68. The number of hydrogen-bond donors (Lipinski definition) is 0. The number of nitrogens with zero attached hydrogens (tertiary/aromatic N) is 1. The molecule has 0 N–H and O–H groups in total. The second-order valence-corrected chi connectivity index (χ2v) is 3.36. The number of hydrogen-bond acceptors (Lipinski definition) is 1. The van der Waals surface area contributed by atoms with Gasteiger partial charge in [-0.25, -0.2) is 0 Å². The molecule has 1 heteroatoms. The second-order valence-electron chi connectivity index (χ2n) is 3.36. The van der Waals surface area contributed by atoms with Gasteiger partial charge in [0.15, 0.2) is 0 Å². The average Bonchev–Trinajstić information content (AvgIpc) is 2.61. The van der Waals surface area contributed by atoms with Crippen LogP contribution < -0.4 is 0 Å². The minimum absolute atomic E-state index is 1.09. The maximum atomic E-state index is 4.39. The third-order valence-electron chi connectivity index (χ3n) is 2.50. The molecule has 0 aromatic heterocycles. The number of aromatic nitrogens is 1. The van der Waals surface area contributed by atoms with Crippen molar-refractivity contribution in [1.82, 2.24) is 4.98 Å². The lowest BCUT2D eigenvalue weighted by Gasteiger charge is -1.95. The van der Waals surface area contributed by atoms with Crippen molar-refractivity contribution in [2.45, 2.75) is 0 Å². The summed E-state index contributed by atoms with van der Waals surface area (Å²) in [6.07, 6.45) is 1.86. The normalized spacial score (nSPS) is 10.9. The van der Waals surface area contributed by atoms with Crippen LogP contribution in [0.4, 0.5) is 0 Å². The van der Waals surface area contributed by atoms with Gasteiger partial charge in [-0.1, -0.05) is 42.5 Å². The van der Waals surface area contributed by atoms with Gasteiger partial charge in [-0.2, -0.15) is 0 Å². The van der Waals surface area contributed by atoms with Crippen molar-refractivity contribution >= 4 is 10.8 Å². The van der Waals surface area contributed by atoms with Gasteiger partial charge in [0, 0.05) is 17.1 Å². The van der Waals surface area contributed by atoms with Crippen molar-refractivity contribution in [1.29, 1.82) is 0 Å². The van der Waals surface area contributed by atoms with Gasteiger partial charge >= 0.3 is 0 Å². The molecule has 0 spiro atoms. The van der Waals surface area contributed by atoms with Crippen LogP contribution in [0.3, 0.4) is 0 Å². The lowest BCUT2D eigenvalue weighted by Crippen LogP contribution is -1.73. The van der Waals surface area contributed by atoms with Crippen LogP contribution in [0.25, 0.3) is 22.0 Å². The van der Waals surface area contributed by atoms with Gasteiger partial charge in [0.25, 0.3) is 0 Å². The number of fused-ring (bicyclic) bond motifs is 3. The molecule has 14 heavy (non-hydrogen) atoms. The van der Waals surface area contributed by atoms with Crippen molar-refractivity contribution in [3.63, 3.8) is 0 Å². The van der Waals surface area contributed by atoms with Crippen LogP contribution in [0, 0.1) is 0 Å². The van der Waals surface area contributed by atoms with Gasteiger partial charge in [-0.15, -0.1) is 0 Å². The predicted octanol–water partition coefficient (Wildman–Crippen LogP) is 3.34. The summed E-state index contributed by atoms with van der Waals surface area (Å²) >= 11 is 0. The molecule has 1 heterocycles. The fraction of sp³-hybridized carbons (Fsp3) is 0. The molecule has 0 saturated heterocycles. The predicted molar refractivity (Wildman–Crippen MR) is 58.4 cm³/mol. The first-order valence-electron chi connectivity index (χ1n) is 4.68. The van der Waals surface area contributed by atoms with E-state index in [2.05, 4.69) is 47.4 Å². The summed E-state index contributed by atoms with van der Waals surface area (Å²) in [6.45, 7) is 0. The minimum atomic E-state index is 1.09. The van der Waals surface area contributed by atoms with Crippen molar-refractivity contribution < 1.29 is 0 Å². The van der Waals surface area contributed by atoms with E-state index in [9.17, 15) is 0 Å². The van der Waals surface area contributed by atoms with Gasteiger partial charge in [-0.05, 0) is 11.5 Å². The highest BCUT2D eigenvalue weighted by Gasteiger charge is 2.04. The first kappa shape index (κ1) is 7.51. The average molecular weight is 179 g/mol. The summed E-state index contributed by atoms with van der Waals surface area (Å²) in [5.74, 6) is 0. The fourth-order valence-electron chi connectivity index (χ4n) is 1.82. The van der Waals surface area contributed by atoms with Crippen LogP contribution in [0.1, 0.15) is 0 Å². The Balaban J connectivity index is 2.56. The number of benzene rings is 1. The maximum absolute atomic E-state index is 4.39. The van der Waals surface area contributed by atoms with Crippen LogP contribution in [0.15, 0.2) is 54.7 Å². The van der Waals surface area contributed by atoms with E-state index in [1.807, 2.05) is 12.3 Å². The third kappa shape index (κ3) is 0.990.